The third-order valence-electron chi connectivity index (χ3n) is 5.04. The molecule has 0 aliphatic carbocycles. The molecule has 5 heteroatoms. The van der Waals surface area contributed by atoms with E-state index in [1.807, 2.05) is 47.4 Å². The summed E-state index contributed by atoms with van der Waals surface area (Å²) in [5, 5.41) is 13.9. The highest BCUT2D eigenvalue weighted by Gasteiger charge is 2.18. The van der Waals surface area contributed by atoms with Gasteiger partial charge in [0.15, 0.2) is 0 Å². The molecule has 0 radical (unpaired) electrons. The predicted octanol–water partition coefficient (Wildman–Crippen LogP) is 4.36. The van der Waals surface area contributed by atoms with Crippen LogP contribution in [0.4, 0.5) is 0 Å². The molecule has 1 fully saturated rings. The van der Waals surface area contributed by atoms with Crippen molar-refractivity contribution in [2.24, 2.45) is 0 Å². The third kappa shape index (κ3) is 4.43. The molecule has 146 valence electrons. The molecule has 0 saturated carbocycles. The Kier molecular flexibility index (Phi) is 6.04. The molecule has 3 aromatic rings. The van der Waals surface area contributed by atoms with Crippen LogP contribution in [0, 0.1) is 0 Å². The lowest BCUT2D eigenvalue weighted by Crippen LogP contribution is -2.18. The lowest BCUT2D eigenvalue weighted by Gasteiger charge is -2.22. The fraction of sp³-hybridized carbons (Fsp3) is 0.348. The number of hydrogen-bond acceptors (Lipinski definition) is 4. The number of aliphatic hydroxyl groups excluding tert-OH is 1. The molecule has 1 aliphatic heterocycles. The SMILES string of the molecule is OCCc1ccc(OCc2ccccc2)c(-c2cnn(C3CCCCO3)c2)c1. The number of aliphatic hydroxyl groups is 1. The molecule has 2 aromatic carbocycles. The Morgan fingerprint density at radius 3 is 2.79 bits per heavy atom. The summed E-state index contributed by atoms with van der Waals surface area (Å²) in [5.41, 5.74) is 4.19. The molecule has 28 heavy (non-hydrogen) atoms. The maximum Gasteiger partial charge on any atom is 0.150 e. The molecule has 2 heterocycles. The molecule has 1 aromatic heterocycles. The van der Waals surface area contributed by atoms with Crippen molar-refractivity contribution in [2.45, 2.75) is 38.5 Å². The standard InChI is InChI=1S/C23H26N2O3/c26-12-11-18-9-10-22(28-17-19-6-2-1-3-7-19)21(14-18)20-15-24-25(16-20)23-8-4-5-13-27-23/h1-3,6-7,9-10,14-16,23,26H,4-5,8,11-13,17H2. The third-order valence-corrected chi connectivity index (χ3v) is 5.04. The minimum Gasteiger partial charge on any atom is -0.488 e. The lowest BCUT2D eigenvalue weighted by atomic mass is 10.0. The highest BCUT2D eigenvalue weighted by molar-refractivity contribution is 5.70. The van der Waals surface area contributed by atoms with Crippen LogP contribution in [-0.4, -0.2) is 28.1 Å². The topological polar surface area (TPSA) is 56.5 Å². The van der Waals surface area contributed by atoms with Gasteiger partial charge in [0.1, 0.15) is 18.6 Å². The van der Waals surface area contributed by atoms with Crippen LogP contribution in [-0.2, 0) is 17.8 Å². The summed E-state index contributed by atoms with van der Waals surface area (Å²) in [5.74, 6) is 0.814. The first-order chi connectivity index (χ1) is 13.8. The van der Waals surface area contributed by atoms with Crippen LogP contribution in [0.25, 0.3) is 11.1 Å². The van der Waals surface area contributed by atoms with Gasteiger partial charge in [-0.05, 0) is 48.9 Å². The first kappa shape index (κ1) is 18.7. The fourth-order valence-corrected chi connectivity index (χ4v) is 3.52. The molecule has 4 rings (SSSR count). The number of hydrogen-bond donors (Lipinski definition) is 1. The highest BCUT2D eigenvalue weighted by atomic mass is 16.5. The van der Waals surface area contributed by atoms with E-state index in [1.165, 1.54) is 0 Å². The van der Waals surface area contributed by atoms with Crippen LogP contribution in [0.2, 0.25) is 0 Å². The summed E-state index contributed by atoms with van der Waals surface area (Å²) in [7, 11) is 0. The zero-order valence-corrected chi connectivity index (χ0v) is 16.0. The largest absolute Gasteiger partial charge is 0.488 e. The normalized spacial score (nSPS) is 16.8. The van der Waals surface area contributed by atoms with E-state index in [0.29, 0.717) is 13.0 Å². The maximum atomic E-state index is 9.31. The Bertz CT molecular complexity index is 886. The number of rotatable bonds is 7. The number of nitrogens with zero attached hydrogens (tertiary/aromatic N) is 2. The Morgan fingerprint density at radius 2 is 2.00 bits per heavy atom. The molecule has 1 aliphatic rings. The smallest absolute Gasteiger partial charge is 0.150 e. The molecule has 1 N–H and O–H groups in total. The van der Waals surface area contributed by atoms with E-state index in [9.17, 15) is 5.11 Å². The monoisotopic (exact) mass is 378 g/mol. The van der Waals surface area contributed by atoms with E-state index >= 15 is 0 Å². The van der Waals surface area contributed by atoms with E-state index in [1.54, 1.807) is 0 Å². The van der Waals surface area contributed by atoms with Crippen molar-refractivity contribution in [1.82, 2.24) is 9.78 Å². The second-order valence-electron chi connectivity index (χ2n) is 7.11. The van der Waals surface area contributed by atoms with Crippen molar-refractivity contribution >= 4 is 0 Å². The van der Waals surface area contributed by atoms with Crippen molar-refractivity contribution in [3.05, 3.63) is 72.1 Å². The van der Waals surface area contributed by atoms with Crippen LogP contribution in [0.3, 0.4) is 0 Å². The molecule has 1 saturated heterocycles. The average molecular weight is 378 g/mol. The Labute approximate surface area is 165 Å². The van der Waals surface area contributed by atoms with Gasteiger partial charge in [0.05, 0.1) is 6.20 Å². The second-order valence-corrected chi connectivity index (χ2v) is 7.11. The highest BCUT2D eigenvalue weighted by Crippen LogP contribution is 2.33. The molecule has 5 nitrogen and oxygen atoms in total. The first-order valence-corrected chi connectivity index (χ1v) is 9.90. The fourth-order valence-electron chi connectivity index (χ4n) is 3.52. The Hall–Kier alpha value is -2.63. The summed E-state index contributed by atoms with van der Waals surface area (Å²) in [6.07, 6.45) is 7.79. The van der Waals surface area contributed by atoms with Gasteiger partial charge < -0.3 is 14.6 Å². The van der Waals surface area contributed by atoms with Gasteiger partial charge in [-0.15, -0.1) is 0 Å². The molecule has 0 spiro atoms. The number of benzene rings is 2. The van der Waals surface area contributed by atoms with Crippen molar-refractivity contribution < 1.29 is 14.6 Å². The van der Waals surface area contributed by atoms with E-state index in [-0.39, 0.29) is 12.8 Å². The van der Waals surface area contributed by atoms with E-state index in [2.05, 4.69) is 23.3 Å². The van der Waals surface area contributed by atoms with Crippen LogP contribution in [0.5, 0.6) is 5.75 Å². The summed E-state index contributed by atoms with van der Waals surface area (Å²) >= 11 is 0. The quantitative estimate of drug-likeness (QED) is 0.664. The van der Waals surface area contributed by atoms with Gasteiger partial charge in [-0.1, -0.05) is 36.4 Å². The van der Waals surface area contributed by atoms with Gasteiger partial charge in [-0.25, -0.2) is 4.68 Å². The van der Waals surface area contributed by atoms with Gasteiger partial charge >= 0.3 is 0 Å². The molecule has 1 atom stereocenters. The summed E-state index contributed by atoms with van der Waals surface area (Å²) in [4.78, 5) is 0. The summed E-state index contributed by atoms with van der Waals surface area (Å²) in [6, 6.07) is 16.2. The lowest BCUT2D eigenvalue weighted by molar-refractivity contribution is -0.0394. The van der Waals surface area contributed by atoms with Gasteiger partial charge in [-0.2, -0.15) is 5.10 Å². The number of ether oxygens (including phenoxy) is 2. The molecule has 0 bridgehead atoms. The van der Waals surface area contributed by atoms with Crippen molar-refractivity contribution in [3.63, 3.8) is 0 Å². The van der Waals surface area contributed by atoms with Crippen LogP contribution in [0.1, 0.15) is 36.6 Å². The zero-order chi connectivity index (χ0) is 19.2. The van der Waals surface area contributed by atoms with Crippen molar-refractivity contribution in [2.75, 3.05) is 13.2 Å². The van der Waals surface area contributed by atoms with E-state index in [0.717, 1.165) is 53.9 Å². The Balaban J connectivity index is 1.59. The van der Waals surface area contributed by atoms with Gasteiger partial charge in [-0.3, -0.25) is 0 Å². The van der Waals surface area contributed by atoms with Crippen molar-refractivity contribution in [1.29, 1.82) is 0 Å². The molecule has 1 unspecified atom stereocenters. The molecule has 0 amide bonds. The average Bonchev–Trinajstić information content (AvgIpc) is 3.24. The minimum absolute atomic E-state index is 0.0109. The molecular weight excluding hydrogens is 352 g/mol. The minimum atomic E-state index is 0.0109. The van der Waals surface area contributed by atoms with E-state index < -0.39 is 0 Å². The van der Waals surface area contributed by atoms with E-state index in [4.69, 9.17) is 9.47 Å². The Morgan fingerprint density at radius 1 is 1.11 bits per heavy atom. The number of aromatic nitrogens is 2. The zero-order valence-electron chi connectivity index (χ0n) is 16.0. The predicted molar refractivity (Wildman–Crippen MR) is 108 cm³/mol. The van der Waals surface area contributed by atoms with Gasteiger partial charge in [0, 0.05) is 30.5 Å². The maximum absolute atomic E-state index is 9.31. The van der Waals surface area contributed by atoms with Crippen LogP contribution < -0.4 is 4.74 Å². The first-order valence-electron chi connectivity index (χ1n) is 9.90. The second kappa shape index (κ2) is 9.04. The van der Waals surface area contributed by atoms with Crippen LogP contribution >= 0.6 is 0 Å². The molecular formula is C23H26N2O3. The summed E-state index contributed by atoms with van der Waals surface area (Å²) in [6.45, 7) is 1.42. The van der Waals surface area contributed by atoms with Gasteiger partial charge in [0.2, 0.25) is 0 Å². The van der Waals surface area contributed by atoms with Gasteiger partial charge in [0.25, 0.3) is 0 Å². The van der Waals surface area contributed by atoms with Crippen LogP contribution in [0.15, 0.2) is 60.9 Å². The van der Waals surface area contributed by atoms with Crippen molar-refractivity contribution in [3.8, 4) is 16.9 Å². The summed E-state index contributed by atoms with van der Waals surface area (Å²) < 4.78 is 13.9.